The van der Waals surface area contributed by atoms with Crippen LogP contribution in [0.15, 0.2) is 48.8 Å². The number of aromatic nitrogens is 5. The third-order valence-electron chi connectivity index (χ3n) is 8.15. The van der Waals surface area contributed by atoms with Crippen LogP contribution in [0, 0.1) is 17.6 Å². The molecule has 5 aromatic rings. The van der Waals surface area contributed by atoms with E-state index in [1.54, 1.807) is 17.1 Å². The molecule has 1 fully saturated rings. The molecule has 4 heterocycles. The lowest BCUT2D eigenvalue weighted by Gasteiger charge is -2.30. The maximum Gasteiger partial charge on any atom is 0.251 e. The second-order valence-electron chi connectivity index (χ2n) is 11.8. The number of amides is 1. The predicted octanol–water partition coefficient (Wildman–Crippen LogP) is 4.67. The normalized spacial score (nSPS) is 15.1. The number of primary amides is 1. The van der Waals surface area contributed by atoms with Crippen LogP contribution in [0.4, 0.5) is 8.78 Å². The maximum atomic E-state index is 13.8. The summed E-state index contributed by atoms with van der Waals surface area (Å²) in [6.45, 7) is 5.11. The molecule has 1 aliphatic rings. The largest absolute Gasteiger partial charge is 0.366 e. The molecule has 1 amide bonds. The van der Waals surface area contributed by atoms with Gasteiger partial charge < -0.3 is 5.73 Å². The molecule has 0 bridgehead atoms. The zero-order valence-corrected chi connectivity index (χ0v) is 25.5. The lowest BCUT2D eigenvalue weighted by molar-refractivity contribution is 0.0999. The molecule has 1 saturated heterocycles. The van der Waals surface area contributed by atoms with Gasteiger partial charge in [-0.25, -0.2) is 31.2 Å². The Bertz CT molecular complexity index is 2010. The van der Waals surface area contributed by atoms with Crippen LogP contribution in [0.5, 0.6) is 0 Å². The van der Waals surface area contributed by atoms with E-state index >= 15 is 0 Å². The first-order valence-electron chi connectivity index (χ1n) is 14.5. The first-order valence-corrected chi connectivity index (χ1v) is 16.3. The zero-order chi connectivity index (χ0) is 31.3. The summed E-state index contributed by atoms with van der Waals surface area (Å²) in [6.07, 6.45) is 6.30. The number of fused-ring (bicyclic) bond motifs is 2. The molecule has 230 valence electrons. The lowest BCUT2D eigenvalue weighted by Crippen LogP contribution is -2.38. The monoisotopic (exact) mass is 621 g/mol. The molecule has 10 nitrogen and oxygen atoms in total. The molecule has 0 saturated carbocycles. The summed E-state index contributed by atoms with van der Waals surface area (Å²) in [5.74, 6) is -2.22. The fourth-order valence-electron chi connectivity index (χ4n) is 6.07. The Morgan fingerprint density at radius 1 is 1.05 bits per heavy atom. The average molecular weight is 622 g/mol. The van der Waals surface area contributed by atoms with Crippen LogP contribution in [0.25, 0.3) is 33.1 Å². The van der Waals surface area contributed by atoms with Gasteiger partial charge in [-0.3, -0.25) is 9.48 Å². The van der Waals surface area contributed by atoms with Gasteiger partial charge in [0.2, 0.25) is 10.0 Å². The number of hydrogen-bond acceptors (Lipinski definition) is 6. The van der Waals surface area contributed by atoms with E-state index in [9.17, 15) is 22.0 Å². The van der Waals surface area contributed by atoms with E-state index in [4.69, 9.17) is 15.8 Å². The fourth-order valence-corrected chi connectivity index (χ4v) is 6.95. The van der Waals surface area contributed by atoms with Crippen molar-refractivity contribution >= 4 is 37.9 Å². The Kier molecular flexibility index (Phi) is 7.70. The number of halogens is 2. The molecule has 6 rings (SSSR count). The summed E-state index contributed by atoms with van der Waals surface area (Å²) in [6, 6.07) is 9.39. The van der Waals surface area contributed by atoms with Crippen molar-refractivity contribution in [3.63, 3.8) is 0 Å². The van der Waals surface area contributed by atoms with Crippen molar-refractivity contribution in [2.24, 2.45) is 11.7 Å². The van der Waals surface area contributed by atoms with Crippen molar-refractivity contribution in [2.75, 3.05) is 19.3 Å². The van der Waals surface area contributed by atoms with Crippen LogP contribution in [0.3, 0.4) is 0 Å². The van der Waals surface area contributed by atoms with Gasteiger partial charge in [-0.15, -0.1) is 0 Å². The van der Waals surface area contributed by atoms with E-state index in [0.717, 1.165) is 28.6 Å². The van der Waals surface area contributed by atoms with E-state index in [2.05, 4.69) is 5.10 Å². The average Bonchev–Trinajstić information content (AvgIpc) is 3.57. The van der Waals surface area contributed by atoms with Gasteiger partial charge in [0.15, 0.2) is 17.3 Å². The minimum Gasteiger partial charge on any atom is -0.366 e. The number of rotatable bonds is 8. The van der Waals surface area contributed by atoms with Gasteiger partial charge in [-0.1, -0.05) is 26.0 Å². The van der Waals surface area contributed by atoms with Gasteiger partial charge in [0.05, 0.1) is 48.0 Å². The molecule has 0 aliphatic carbocycles. The van der Waals surface area contributed by atoms with Crippen molar-refractivity contribution in [1.29, 1.82) is 0 Å². The molecule has 1 aliphatic heterocycles. The van der Waals surface area contributed by atoms with E-state index in [-0.39, 0.29) is 18.5 Å². The Morgan fingerprint density at radius 3 is 2.45 bits per heavy atom. The highest BCUT2D eigenvalue weighted by atomic mass is 32.2. The van der Waals surface area contributed by atoms with Crippen LogP contribution in [0.2, 0.25) is 0 Å². The van der Waals surface area contributed by atoms with Gasteiger partial charge >= 0.3 is 0 Å². The third kappa shape index (κ3) is 5.57. The van der Waals surface area contributed by atoms with E-state index in [1.807, 2.05) is 36.7 Å². The molecule has 0 spiro atoms. The fraction of sp³-hybridized carbons (Fsp3) is 0.355. The number of benzene rings is 2. The minimum atomic E-state index is -3.28. The first-order chi connectivity index (χ1) is 20.9. The summed E-state index contributed by atoms with van der Waals surface area (Å²) in [5.41, 5.74) is 10.3. The summed E-state index contributed by atoms with van der Waals surface area (Å²) >= 11 is 0. The number of pyridine rings is 1. The molecular weight excluding hydrogens is 588 g/mol. The number of piperidine rings is 1. The van der Waals surface area contributed by atoms with Gasteiger partial charge in [-0.05, 0) is 60.6 Å². The van der Waals surface area contributed by atoms with Gasteiger partial charge in [0.25, 0.3) is 5.91 Å². The molecule has 2 N–H and O–H groups in total. The third-order valence-corrected chi connectivity index (χ3v) is 9.45. The molecule has 13 heteroatoms. The molecule has 2 aromatic carbocycles. The highest BCUT2D eigenvalue weighted by Crippen LogP contribution is 2.37. The second kappa shape index (κ2) is 11.4. The number of sulfonamides is 1. The Labute approximate surface area is 253 Å². The van der Waals surface area contributed by atoms with Crippen LogP contribution in [-0.4, -0.2) is 62.5 Å². The smallest absolute Gasteiger partial charge is 0.251 e. The molecule has 44 heavy (non-hydrogen) atoms. The Hall–Kier alpha value is -4.23. The summed E-state index contributed by atoms with van der Waals surface area (Å²) in [5, 5.41) is 10.6. The number of carbonyl (C=O) groups is 1. The summed E-state index contributed by atoms with van der Waals surface area (Å²) in [7, 11) is -3.28. The minimum absolute atomic E-state index is 0.0609. The van der Waals surface area contributed by atoms with Crippen LogP contribution in [0.1, 0.15) is 54.3 Å². The van der Waals surface area contributed by atoms with Crippen LogP contribution >= 0.6 is 0 Å². The highest BCUT2D eigenvalue weighted by molar-refractivity contribution is 7.88. The number of nitrogens with zero attached hydrogens (tertiary/aromatic N) is 6. The van der Waals surface area contributed by atoms with Crippen LogP contribution < -0.4 is 5.73 Å². The SMILES string of the molecule is CC(C)Cc1nc2c(cnn2C2CCN(S(C)(=O)=O)CC2)c(-c2ccc3c(cnn3Cc3ccc(F)c(F)c3)c2)c1C(N)=O. The van der Waals surface area contributed by atoms with E-state index < -0.39 is 27.6 Å². The van der Waals surface area contributed by atoms with E-state index in [0.29, 0.717) is 65.8 Å². The topological polar surface area (TPSA) is 129 Å². The van der Waals surface area contributed by atoms with E-state index in [1.165, 1.54) is 16.6 Å². The number of carbonyl (C=O) groups excluding carboxylic acids is 1. The maximum absolute atomic E-state index is 13.8. The summed E-state index contributed by atoms with van der Waals surface area (Å²) in [4.78, 5) is 18.0. The standard InChI is InChI=1S/C31H33F2N7O3S/c1-18(2)12-26-29(30(34)41)28(23-16-36-40(31(23)37-26)22-8-10-38(11-9-22)44(3,42)43)20-5-7-27-21(14-20)15-35-39(27)17-19-4-6-24(32)25(33)13-19/h4-7,13-16,18,22H,8-12,17H2,1-3H3,(H2,34,41). The zero-order valence-electron chi connectivity index (χ0n) is 24.7. The number of nitrogens with two attached hydrogens (primary N) is 1. The van der Waals surface area contributed by atoms with Crippen molar-refractivity contribution in [3.8, 4) is 11.1 Å². The Morgan fingerprint density at radius 2 is 1.80 bits per heavy atom. The van der Waals surface area contributed by atoms with Gasteiger partial charge in [0.1, 0.15) is 0 Å². The molecule has 0 unspecified atom stereocenters. The first kappa shape index (κ1) is 29.8. The van der Waals surface area contributed by atoms with Crippen molar-refractivity contribution in [3.05, 3.63) is 77.2 Å². The van der Waals surface area contributed by atoms with Gasteiger partial charge in [-0.2, -0.15) is 10.2 Å². The van der Waals surface area contributed by atoms with Crippen molar-refractivity contribution in [1.82, 2.24) is 28.9 Å². The molecule has 3 aromatic heterocycles. The second-order valence-corrected chi connectivity index (χ2v) is 13.8. The van der Waals surface area contributed by atoms with Crippen LogP contribution in [-0.2, 0) is 23.0 Å². The Balaban J connectivity index is 1.45. The summed E-state index contributed by atoms with van der Waals surface area (Å²) < 4.78 is 56.4. The highest BCUT2D eigenvalue weighted by Gasteiger charge is 2.30. The van der Waals surface area contributed by atoms with Crippen molar-refractivity contribution in [2.45, 2.75) is 45.7 Å². The lowest BCUT2D eigenvalue weighted by atomic mass is 9.92. The quantitative estimate of drug-likeness (QED) is 0.268. The molecule has 0 radical (unpaired) electrons. The molecule has 0 atom stereocenters. The number of hydrogen-bond donors (Lipinski definition) is 1. The van der Waals surface area contributed by atoms with Crippen molar-refractivity contribution < 1.29 is 22.0 Å². The van der Waals surface area contributed by atoms with Gasteiger partial charge in [0, 0.05) is 29.4 Å². The predicted molar refractivity (Wildman–Crippen MR) is 163 cm³/mol. The molecular formula is C31H33F2N7O3S.